The van der Waals surface area contributed by atoms with Crippen LogP contribution in [-0.4, -0.2) is 16.8 Å². The van der Waals surface area contributed by atoms with Crippen LogP contribution in [0.1, 0.15) is 22.7 Å². The van der Waals surface area contributed by atoms with Crippen LogP contribution in [0.4, 0.5) is 0 Å². The van der Waals surface area contributed by atoms with Crippen LogP contribution in [0.5, 0.6) is 11.5 Å². The fourth-order valence-electron chi connectivity index (χ4n) is 2.52. The van der Waals surface area contributed by atoms with Crippen LogP contribution < -0.4 is 5.32 Å². The van der Waals surface area contributed by atoms with Crippen molar-refractivity contribution in [2.24, 2.45) is 0 Å². The Labute approximate surface area is 106 Å². The molecule has 0 saturated carbocycles. The summed E-state index contributed by atoms with van der Waals surface area (Å²) in [5, 5.41) is 22.4. The zero-order chi connectivity index (χ0) is 12.5. The summed E-state index contributed by atoms with van der Waals surface area (Å²) >= 11 is 0. The van der Waals surface area contributed by atoms with Gasteiger partial charge in [0.1, 0.15) is 0 Å². The molecule has 0 fully saturated rings. The van der Waals surface area contributed by atoms with Gasteiger partial charge in [-0.05, 0) is 35.2 Å². The molecule has 0 amide bonds. The van der Waals surface area contributed by atoms with Gasteiger partial charge in [0.15, 0.2) is 11.5 Å². The number of benzene rings is 2. The van der Waals surface area contributed by atoms with E-state index in [-0.39, 0.29) is 17.5 Å². The van der Waals surface area contributed by atoms with Gasteiger partial charge in [0.25, 0.3) is 0 Å². The van der Waals surface area contributed by atoms with E-state index in [9.17, 15) is 10.2 Å². The molecule has 3 rings (SSSR count). The highest BCUT2D eigenvalue weighted by Crippen LogP contribution is 2.33. The predicted octanol–water partition coefficient (Wildman–Crippen LogP) is 2.33. The van der Waals surface area contributed by atoms with Gasteiger partial charge < -0.3 is 15.5 Å². The number of aromatic hydroxyl groups is 2. The van der Waals surface area contributed by atoms with Crippen LogP contribution in [-0.2, 0) is 6.42 Å². The third-order valence-corrected chi connectivity index (χ3v) is 3.44. The predicted molar refractivity (Wildman–Crippen MR) is 69.8 cm³/mol. The number of phenols is 2. The maximum atomic E-state index is 9.60. The first-order chi connectivity index (χ1) is 8.75. The summed E-state index contributed by atoms with van der Waals surface area (Å²) in [6, 6.07) is 13.4. The molecule has 1 aliphatic heterocycles. The highest BCUT2D eigenvalue weighted by atomic mass is 16.3. The lowest BCUT2D eigenvalue weighted by atomic mass is 9.90. The van der Waals surface area contributed by atoms with Crippen LogP contribution in [0.15, 0.2) is 42.5 Å². The molecule has 0 radical (unpaired) electrons. The van der Waals surface area contributed by atoms with Crippen molar-refractivity contribution in [2.45, 2.75) is 12.5 Å². The number of phenolic OH excluding ortho intramolecular Hbond substituents is 2. The van der Waals surface area contributed by atoms with Crippen LogP contribution in [0, 0.1) is 0 Å². The summed E-state index contributed by atoms with van der Waals surface area (Å²) in [4.78, 5) is 0. The van der Waals surface area contributed by atoms with Crippen molar-refractivity contribution >= 4 is 0 Å². The maximum absolute atomic E-state index is 9.60. The molecule has 0 bridgehead atoms. The Morgan fingerprint density at radius 3 is 2.67 bits per heavy atom. The number of nitrogens with one attached hydrogen (secondary N) is 1. The van der Waals surface area contributed by atoms with Crippen LogP contribution >= 0.6 is 0 Å². The van der Waals surface area contributed by atoms with Gasteiger partial charge in [0, 0.05) is 6.54 Å². The van der Waals surface area contributed by atoms with E-state index in [0.717, 1.165) is 18.5 Å². The molecule has 3 heteroatoms. The van der Waals surface area contributed by atoms with E-state index in [1.807, 2.05) is 12.1 Å². The van der Waals surface area contributed by atoms with E-state index in [1.54, 1.807) is 6.07 Å². The van der Waals surface area contributed by atoms with E-state index in [1.165, 1.54) is 17.2 Å². The van der Waals surface area contributed by atoms with Gasteiger partial charge in [-0.1, -0.05) is 30.3 Å². The molecule has 1 atom stereocenters. The Morgan fingerprint density at radius 2 is 1.83 bits per heavy atom. The van der Waals surface area contributed by atoms with Gasteiger partial charge in [0.05, 0.1) is 6.04 Å². The smallest absolute Gasteiger partial charge is 0.157 e. The minimum Gasteiger partial charge on any atom is -0.504 e. The van der Waals surface area contributed by atoms with Gasteiger partial charge in [-0.25, -0.2) is 0 Å². The average Bonchev–Trinajstić information content (AvgIpc) is 2.41. The Kier molecular flexibility index (Phi) is 2.68. The topological polar surface area (TPSA) is 52.5 Å². The zero-order valence-electron chi connectivity index (χ0n) is 9.93. The molecular weight excluding hydrogens is 226 g/mol. The molecule has 0 saturated heterocycles. The second kappa shape index (κ2) is 4.35. The molecule has 2 aromatic rings. The molecule has 2 aromatic carbocycles. The van der Waals surface area contributed by atoms with Crippen molar-refractivity contribution in [1.82, 2.24) is 5.32 Å². The van der Waals surface area contributed by atoms with Crippen LogP contribution in [0.2, 0.25) is 0 Å². The zero-order valence-corrected chi connectivity index (χ0v) is 9.93. The summed E-state index contributed by atoms with van der Waals surface area (Å²) in [5.41, 5.74) is 3.56. The number of rotatable bonds is 1. The van der Waals surface area contributed by atoms with Gasteiger partial charge >= 0.3 is 0 Å². The third-order valence-electron chi connectivity index (χ3n) is 3.44. The van der Waals surface area contributed by atoms with Crippen molar-refractivity contribution in [3.05, 3.63) is 59.2 Å². The molecule has 1 heterocycles. The fourth-order valence-corrected chi connectivity index (χ4v) is 2.52. The quantitative estimate of drug-likeness (QED) is 0.672. The minimum absolute atomic E-state index is 0.0719. The standard InChI is InChI=1S/C15H15NO2/c17-13-6-5-11(9-14(13)18)15-12-4-2-1-3-10(12)7-8-16-15/h1-6,9,15-18H,7-8H2. The van der Waals surface area contributed by atoms with Crippen LogP contribution in [0.3, 0.4) is 0 Å². The normalized spacial score (nSPS) is 18.3. The van der Waals surface area contributed by atoms with Crippen molar-refractivity contribution in [1.29, 1.82) is 0 Å². The van der Waals surface area contributed by atoms with E-state index >= 15 is 0 Å². The third kappa shape index (κ3) is 1.83. The summed E-state index contributed by atoms with van der Waals surface area (Å²) in [6.45, 7) is 0.920. The summed E-state index contributed by atoms with van der Waals surface area (Å²) in [7, 11) is 0. The molecule has 18 heavy (non-hydrogen) atoms. The van der Waals surface area contributed by atoms with Gasteiger partial charge in [0.2, 0.25) is 0 Å². The van der Waals surface area contributed by atoms with E-state index in [2.05, 4.69) is 23.5 Å². The Hall–Kier alpha value is -2.00. The van der Waals surface area contributed by atoms with Crippen LogP contribution in [0.25, 0.3) is 0 Å². The maximum Gasteiger partial charge on any atom is 0.157 e. The lowest BCUT2D eigenvalue weighted by Crippen LogP contribution is -2.30. The first kappa shape index (κ1) is 11.1. The highest BCUT2D eigenvalue weighted by Gasteiger charge is 2.21. The molecular formula is C15H15NO2. The lowest BCUT2D eigenvalue weighted by molar-refractivity contribution is 0.402. The molecule has 1 unspecified atom stereocenters. The van der Waals surface area contributed by atoms with Gasteiger partial charge in [-0.2, -0.15) is 0 Å². The average molecular weight is 241 g/mol. The first-order valence-electron chi connectivity index (χ1n) is 6.09. The molecule has 92 valence electrons. The number of fused-ring (bicyclic) bond motifs is 1. The first-order valence-corrected chi connectivity index (χ1v) is 6.09. The lowest BCUT2D eigenvalue weighted by Gasteiger charge is -2.27. The van der Waals surface area contributed by atoms with Crippen molar-refractivity contribution in [3.8, 4) is 11.5 Å². The largest absolute Gasteiger partial charge is 0.504 e. The minimum atomic E-state index is -0.0807. The second-order valence-electron chi connectivity index (χ2n) is 4.58. The summed E-state index contributed by atoms with van der Waals surface area (Å²) in [5.74, 6) is -0.153. The molecule has 1 aliphatic rings. The molecule has 0 aliphatic carbocycles. The SMILES string of the molecule is Oc1ccc(C2NCCc3ccccc32)cc1O. The summed E-state index contributed by atoms with van der Waals surface area (Å²) < 4.78 is 0. The Bertz CT molecular complexity index is 580. The Morgan fingerprint density at radius 1 is 1.00 bits per heavy atom. The number of hydrogen-bond donors (Lipinski definition) is 3. The monoisotopic (exact) mass is 241 g/mol. The molecule has 3 N–H and O–H groups in total. The van der Waals surface area contributed by atoms with E-state index in [0.29, 0.717) is 0 Å². The van der Waals surface area contributed by atoms with E-state index in [4.69, 9.17) is 0 Å². The van der Waals surface area contributed by atoms with E-state index < -0.39 is 0 Å². The molecule has 0 spiro atoms. The fraction of sp³-hybridized carbons (Fsp3) is 0.200. The second-order valence-corrected chi connectivity index (χ2v) is 4.58. The Balaban J connectivity index is 2.05. The van der Waals surface area contributed by atoms with Crippen molar-refractivity contribution in [2.75, 3.05) is 6.54 Å². The van der Waals surface area contributed by atoms with Crippen molar-refractivity contribution < 1.29 is 10.2 Å². The summed E-state index contributed by atoms with van der Waals surface area (Å²) in [6.07, 6.45) is 1.02. The molecule has 3 nitrogen and oxygen atoms in total. The molecule has 0 aromatic heterocycles. The number of hydrogen-bond acceptors (Lipinski definition) is 3. The van der Waals surface area contributed by atoms with Gasteiger partial charge in [-0.3, -0.25) is 0 Å². The van der Waals surface area contributed by atoms with Crippen molar-refractivity contribution in [3.63, 3.8) is 0 Å². The van der Waals surface area contributed by atoms with Gasteiger partial charge in [-0.15, -0.1) is 0 Å². The highest BCUT2D eigenvalue weighted by molar-refractivity contribution is 5.46.